The molecule has 0 saturated heterocycles. The number of amides is 1. The van der Waals surface area contributed by atoms with Crippen LogP contribution in [0.25, 0.3) is 11.3 Å². The fourth-order valence-corrected chi connectivity index (χ4v) is 4.40. The molecule has 9 nitrogen and oxygen atoms in total. The van der Waals surface area contributed by atoms with Gasteiger partial charge in [0.05, 0.1) is 16.8 Å². The minimum Gasteiger partial charge on any atom is -0.422 e. The van der Waals surface area contributed by atoms with Crippen molar-refractivity contribution in [2.24, 2.45) is 0 Å². The van der Waals surface area contributed by atoms with Gasteiger partial charge in [-0.2, -0.15) is 0 Å². The lowest BCUT2D eigenvalue weighted by atomic mass is 10.2. The first-order valence-corrected chi connectivity index (χ1v) is 12.5. The lowest BCUT2D eigenvalue weighted by Gasteiger charge is -2.09. The minimum absolute atomic E-state index is 0.180. The Hall–Kier alpha value is -3.54. The molecule has 0 saturated carbocycles. The van der Waals surface area contributed by atoms with E-state index in [2.05, 4.69) is 25.0 Å². The first kappa shape index (κ1) is 22.6. The van der Waals surface area contributed by atoms with Crippen LogP contribution in [-0.2, 0) is 10.0 Å². The van der Waals surface area contributed by atoms with Crippen LogP contribution in [0.3, 0.4) is 0 Å². The van der Waals surface area contributed by atoms with Crippen LogP contribution < -0.4 is 14.8 Å². The van der Waals surface area contributed by atoms with Gasteiger partial charge in [0.2, 0.25) is 10.0 Å². The van der Waals surface area contributed by atoms with E-state index in [4.69, 9.17) is 16.3 Å². The highest BCUT2D eigenvalue weighted by molar-refractivity contribution is 7.92. The quantitative estimate of drug-likeness (QED) is 0.377. The Labute approximate surface area is 198 Å². The molecule has 12 heteroatoms. The van der Waals surface area contributed by atoms with Gasteiger partial charge in [-0.3, -0.25) is 14.5 Å². The van der Waals surface area contributed by atoms with Gasteiger partial charge >= 0.3 is 6.01 Å². The summed E-state index contributed by atoms with van der Waals surface area (Å²) in [4.78, 5) is 25.7. The van der Waals surface area contributed by atoms with E-state index in [-0.39, 0.29) is 22.6 Å². The van der Waals surface area contributed by atoms with Crippen LogP contribution in [0.2, 0.25) is 5.02 Å². The fraction of sp³-hybridized carbons (Fsp3) is 0.0476. The molecule has 0 unspecified atom stereocenters. The maximum Gasteiger partial charge on any atom is 0.321 e. The van der Waals surface area contributed by atoms with Crippen molar-refractivity contribution in [3.63, 3.8) is 0 Å². The molecule has 0 aliphatic heterocycles. The maximum atomic E-state index is 12.8. The van der Waals surface area contributed by atoms with E-state index >= 15 is 0 Å². The number of benzene rings is 1. The summed E-state index contributed by atoms with van der Waals surface area (Å²) in [6.45, 7) is 0. The van der Waals surface area contributed by atoms with Gasteiger partial charge in [0.15, 0.2) is 5.75 Å². The summed E-state index contributed by atoms with van der Waals surface area (Å²) in [6, 6.07) is 11.4. The van der Waals surface area contributed by atoms with Crippen molar-refractivity contribution in [2.45, 2.75) is 0 Å². The summed E-state index contributed by atoms with van der Waals surface area (Å²) in [7, 11) is -3.49. The van der Waals surface area contributed by atoms with E-state index in [1.165, 1.54) is 29.5 Å². The van der Waals surface area contributed by atoms with Crippen LogP contribution >= 0.6 is 22.9 Å². The predicted octanol–water partition coefficient (Wildman–Crippen LogP) is 4.67. The Morgan fingerprint density at radius 1 is 1.03 bits per heavy atom. The second kappa shape index (κ2) is 9.53. The number of hydrogen-bond acceptors (Lipinski definition) is 8. The number of nitrogens with one attached hydrogen (secondary N) is 2. The number of carbonyl (C=O) groups excluding carboxylic acids is 1. The van der Waals surface area contributed by atoms with Crippen molar-refractivity contribution in [1.82, 2.24) is 15.0 Å². The number of ether oxygens (including phenoxy) is 1. The Kier molecular flexibility index (Phi) is 6.54. The van der Waals surface area contributed by atoms with E-state index in [1.54, 1.807) is 48.2 Å². The van der Waals surface area contributed by atoms with Gasteiger partial charge in [-0.15, -0.1) is 11.3 Å². The molecule has 33 heavy (non-hydrogen) atoms. The number of aromatic nitrogens is 3. The smallest absolute Gasteiger partial charge is 0.321 e. The van der Waals surface area contributed by atoms with Gasteiger partial charge in [0.25, 0.3) is 5.91 Å². The third kappa shape index (κ3) is 6.04. The maximum absolute atomic E-state index is 12.8. The Bertz CT molecular complexity index is 1410. The van der Waals surface area contributed by atoms with Crippen LogP contribution in [0.1, 0.15) is 9.67 Å². The molecule has 4 aromatic rings. The number of nitrogens with zero attached hydrogens (tertiary/aromatic N) is 3. The number of carbonyl (C=O) groups is 1. The molecule has 1 aromatic carbocycles. The van der Waals surface area contributed by atoms with Crippen molar-refractivity contribution >= 4 is 50.2 Å². The number of halogens is 1. The third-order valence-corrected chi connectivity index (χ3v) is 5.82. The highest BCUT2D eigenvalue weighted by Gasteiger charge is 2.16. The van der Waals surface area contributed by atoms with Gasteiger partial charge in [0, 0.05) is 40.2 Å². The number of sulfonamides is 1. The second-order valence-corrected chi connectivity index (χ2v) is 9.84. The summed E-state index contributed by atoms with van der Waals surface area (Å²) in [5, 5.41) is 4.78. The third-order valence-electron chi connectivity index (χ3n) is 4.07. The fourth-order valence-electron chi connectivity index (χ4n) is 2.83. The number of thiophene rings is 1. The van der Waals surface area contributed by atoms with Gasteiger partial charge in [-0.05, 0) is 42.5 Å². The van der Waals surface area contributed by atoms with Crippen molar-refractivity contribution < 1.29 is 17.9 Å². The summed E-state index contributed by atoms with van der Waals surface area (Å²) >= 11 is 7.28. The monoisotopic (exact) mass is 501 g/mol. The molecule has 3 aromatic heterocycles. The van der Waals surface area contributed by atoms with Crippen LogP contribution in [-0.4, -0.2) is 35.5 Å². The van der Waals surface area contributed by atoms with Crippen LogP contribution in [0.15, 0.2) is 66.4 Å². The molecule has 0 radical (unpaired) electrons. The van der Waals surface area contributed by atoms with Crippen molar-refractivity contribution in [2.75, 3.05) is 16.3 Å². The summed E-state index contributed by atoms with van der Waals surface area (Å²) in [5.74, 6) is 0.0587. The predicted molar refractivity (Wildman–Crippen MR) is 128 cm³/mol. The largest absolute Gasteiger partial charge is 0.422 e. The topological polar surface area (TPSA) is 123 Å². The Morgan fingerprint density at radius 2 is 1.76 bits per heavy atom. The Morgan fingerprint density at radius 3 is 2.52 bits per heavy atom. The van der Waals surface area contributed by atoms with Crippen molar-refractivity contribution in [3.05, 3.63) is 76.3 Å². The van der Waals surface area contributed by atoms with Gasteiger partial charge < -0.3 is 10.1 Å². The molecular weight excluding hydrogens is 486 g/mol. The zero-order valence-electron chi connectivity index (χ0n) is 17.0. The van der Waals surface area contributed by atoms with Crippen LogP contribution in [0.5, 0.6) is 11.8 Å². The number of pyridine rings is 1. The van der Waals surface area contributed by atoms with E-state index in [0.717, 1.165) is 6.26 Å². The molecule has 168 valence electrons. The van der Waals surface area contributed by atoms with Crippen LogP contribution in [0, 0.1) is 0 Å². The SMILES string of the molecule is CS(=O)(=O)Nc1cc(Cl)cc(NC(=O)c2cc(-c3ncccc3Oc3ncccn3)cs2)c1. The molecule has 0 bridgehead atoms. The molecule has 0 aliphatic carbocycles. The van der Waals surface area contributed by atoms with Crippen molar-refractivity contribution in [3.8, 4) is 23.0 Å². The molecule has 1 amide bonds. The molecule has 3 heterocycles. The van der Waals surface area contributed by atoms with Gasteiger partial charge in [0.1, 0.15) is 5.69 Å². The standard InChI is InChI=1S/C21H16ClN5O4S2/c1-33(29,30)27-16-10-14(22)9-15(11-16)26-20(28)18-8-13(12-32-18)19-17(4-2-5-23-19)31-21-24-6-3-7-25-21/h2-12,27H,1H3,(H,26,28). The van der Waals surface area contributed by atoms with E-state index in [0.29, 0.717) is 27.6 Å². The first-order valence-electron chi connectivity index (χ1n) is 9.35. The molecule has 4 rings (SSSR count). The average Bonchev–Trinajstić information content (AvgIpc) is 3.23. The number of hydrogen-bond donors (Lipinski definition) is 2. The summed E-state index contributed by atoms with van der Waals surface area (Å²) in [5.41, 5.74) is 1.80. The molecule has 0 atom stereocenters. The van der Waals surface area contributed by atoms with E-state index in [1.807, 2.05) is 0 Å². The summed E-state index contributed by atoms with van der Waals surface area (Å²) < 4.78 is 31.0. The first-order chi connectivity index (χ1) is 15.8. The lowest BCUT2D eigenvalue weighted by molar-refractivity contribution is 0.103. The molecule has 2 N–H and O–H groups in total. The number of anilines is 2. The van der Waals surface area contributed by atoms with Gasteiger partial charge in [-0.1, -0.05) is 11.6 Å². The van der Waals surface area contributed by atoms with E-state index < -0.39 is 10.0 Å². The van der Waals surface area contributed by atoms with E-state index in [9.17, 15) is 13.2 Å². The number of rotatable bonds is 7. The molecule has 0 fully saturated rings. The molecule has 0 spiro atoms. The minimum atomic E-state index is -3.49. The highest BCUT2D eigenvalue weighted by atomic mass is 35.5. The zero-order valence-corrected chi connectivity index (χ0v) is 19.4. The van der Waals surface area contributed by atoms with Crippen LogP contribution in [0.4, 0.5) is 11.4 Å². The normalized spacial score (nSPS) is 11.1. The lowest BCUT2D eigenvalue weighted by Crippen LogP contribution is -2.12. The molecule has 0 aliphatic rings. The highest BCUT2D eigenvalue weighted by Crippen LogP contribution is 2.33. The van der Waals surface area contributed by atoms with Gasteiger partial charge in [-0.25, -0.2) is 18.4 Å². The average molecular weight is 502 g/mol. The zero-order chi connectivity index (χ0) is 23.4. The second-order valence-electron chi connectivity index (χ2n) is 6.74. The Balaban J connectivity index is 1.55. The molecular formula is C21H16ClN5O4S2. The summed E-state index contributed by atoms with van der Waals surface area (Å²) in [6.07, 6.45) is 5.78. The van der Waals surface area contributed by atoms with Crippen molar-refractivity contribution in [1.29, 1.82) is 0 Å².